The average molecular weight is 198 g/mol. The number of rotatable bonds is 4. The molecule has 1 saturated heterocycles. The molecule has 1 heterocycles. The molecule has 1 unspecified atom stereocenters. The van der Waals surface area contributed by atoms with Crippen LogP contribution in [0.4, 0.5) is 4.79 Å². The molecule has 0 aromatic rings. The highest BCUT2D eigenvalue weighted by Crippen LogP contribution is 2.32. The zero-order valence-corrected chi connectivity index (χ0v) is 9.36. The SMILES string of the molecule is CCCCC1(CC)CCNC(=O)NC1. The molecule has 1 fully saturated rings. The van der Waals surface area contributed by atoms with Crippen molar-refractivity contribution in [2.75, 3.05) is 13.1 Å². The summed E-state index contributed by atoms with van der Waals surface area (Å²) < 4.78 is 0. The lowest BCUT2D eigenvalue weighted by atomic mass is 9.77. The van der Waals surface area contributed by atoms with Crippen molar-refractivity contribution in [3.63, 3.8) is 0 Å². The van der Waals surface area contributed by atoms with E-state index in [0.29, 0.717) is 5.41 Å². The van der Waals surface area contributed by atoms with Gasteiger partial charge in [-0.2, -0.15) is 0 Å². The summed E-state index contributed by atoms with van der Waals surface area (Å²) in [5.41, 5.74) is 0.342. The Morgan fingerprint density at radius 3 is 2.79 bits per heavy atom. The summed E-state index contributed by atoms with van der Waals surface area (Å²) in [5.74, 6) is 0. The van der Waals surface area contributed by atoms with Gasteiger partial charge >= 0.3 is 6.03 Å². The van der Waals surface area contributed by atoms with Crippen molar-refractivity contribution < 1.29 is 4.79 Å². The third-order valence-corrected chi connectivity index (χ3v) is 3.38. The molecule has 1 rings (SSSR count). The molecule has 0 saturated carbocycles. The maximum Gasteiger partial charge on any atom is 0.314 e. The number of amides is 2. The minimum absolute atomic E-state index is 0.00294. The number of nitrogens with one attached hydrogen (secondary N) is 2. The topological polar surface area (TPSA) is 41.1 Å². The number of carbonyl (C=O) groups is 1. The molecular formula is C11H22N2O. The number of unbranched alkanes of at least 4 members (excludes halogenated alkanes) is 1. The van der Waals surface area contributed by atoms with Crippen molar-refractivity contribution in [3.05, 3.63) is 0 Å². The van der Waals surface area contributed by atoms with E-state index in [1.165, 1.54) is 19.3 Å². The smallest absolute Gasteiger partial charge is 0.314 e. The Morgan fingerprint density at radius 2 is 2.14 bits per heavy atom. The Morgan fingerprint density at radius 1 is 1.36 bits per heavy atom. The predicted molar refractivity (Wildman–Crippen MR) is 58.3 cm³/mol. The van der Waals surface area contributed by atoms with Gasteiger partial charge in [0.05, 0.1) is 0 Å². The lowest BCUT2D eigenvalue weighted by Gasteiger charge is -2.30. The largest absolute Gasteiger partial charge is 0.338 e. The Hall–Kier alpha value is -0.730. The molecule has 0 aliphatic carbocycles. The molecule has 0 radical (unpaired) electrons. The molecule has 1 aliphatic rings. The van der Waals surface area contributed by atoms with Gasteiger partial charge in [-0.3, -0.25) is 0 Å². The zero-order chi connectivity index (χ0) is 10.4. The van der Waals surface area contributed by atoms with Gasteiger partial charge < -0.3 is 10.6 Å². The first-order valence-corrected chi connectivity index (χ1v) is 5.74. The Labute approximate surface area is 86.6 Å². The van der Waals surface area contributed by atoms with Crippen LogP contribution >= 0.6 is 0 Å². The predicted octanol–water partition coefficient (Wildman–Crippen LogP) is 2.28. The van der Waals surface area contributed by atoms with E-state index in [4.69, 9.17) is 0 Å². The average Bonchev–Trinajstić information content (AvgIpc) is 2.39. The normalized spacial score (nSPS) is 27.7. The van der Waals surface area contributed by atoms with Crippen LogP contribution in [0, 0.1) is 5.41 Å². The first kappa shape index (κ1) is 11.3. The molecule has 2 amide bonds. The van der Waals surface area contributed by atoms with Crippen molar-refractivity contribution >= 4 is 6.03 Å². The van der Waals surface area contributed by atoms with Gasteiger partial charge in [0.15, 0.2) is 0 Å². The van der Waals surface area contributed by atoms with Crippen LogP contribution in [0.25, 0.3) is 0 Å². The van der Waals surface area contributed by atoms with E-state index in [9.17, 15) is 4.79 Å². The third-order valence-electron chi connectivity index (χ3n) is 3.38. The van der Waals surface area contributed by atoms with Gasteiger partial charge in [-0.15, -0.1) is 0 Å². The highest BCUT2D eigenvalue weighted by molar-refractivity contribution is 5.74. The minimum Gasteiger partial charge on any atom is -0.338 e. The Bertz CT molecular complexity index is 194. The molecular weight excluding hydrogens is 176 g/mol. The maximum absolute atomic E-state index is 11.1. The van der Waals surface area contributed by atoms with Gasteiger partial charge in [0.1, 0.15) is 0 Å². The van der Waals surface area contributed by atoms with Crippen LogP contribution in [0.2, 0.25) is 0 Å². The molecule has 0 aromatic heterocycles. The second kappa shape index (κ2) is 5.23. The van der Waals surface area contributed by atoms with E-state index in [0.717, 1.165) is 25.9 Å². The zero-order valence-electron chi connectivity index (χ0n) is 9.36. The van der Waals surface area contributed by atoms with Crippen molar-refractivity contribution in [1.82, 2.24) is 10.6 Å². The first-order chi connectivity index (χ1) is 6.72. The van der Waals surface area contributed by atoms with Gasteiger partial charge in [0.2, 0.25) is 0 Å². The number of urea groups is 1. The van der Waals surface area contributed by atoms with E-state index < -0.39 is 0 Å². The third kappa shape index (κ3) is 2.89. The first-order valence-electron chi connectivity index (χ1n) is 5.74. The molecule has 14 heavy (non-hydrogen) atoms. The standard InChI is InChI=1S/C11H22N2O/c1-3-5-6-11(4-2)7-8-12-10(14)13-9-11/h3-9H2,1-2H3,(H2,12,13,14). The fraction of sp³-hybridized carbons (Fsp3) is 0.909. The van der Waals surface area contributed by atoms with Crippen molar-refractivity contribution in [2.24, 2.45) is 5.41 Å². The van der Waals surface area contributed by atoms with Crippen LogP contribution in [-0.4, -0.2) is 19.1 Å². The Kier molecular flexibility index (Phi) is 4.23. The van der Waals surface area contributed by atoms with Gasteiger partial charge in [-0.1, -0.05) is 26.7 Å². The summed E-state index contributed by atoms with van der Waals surface area (Å²) in [5, 5.41) is 5.81. The van der Waals surface area contributed by atoms with E-state index >= 15 is 0 Å². The van der Waals surface area contributed by atoms with E-state index in [2.05, 4.69) is 24.5 Å². The summed E-state index contributed by atoms with van der Waals surface area (Å²) in [6, 6.07) is -0.00294. The number of hydrogen-bond acceptors (Lipinski definition) is 1. The van der Waals surface area contributed by atoms with Crippen molar-refractivity contribution in [3.8, 4) is 0 Å². The second-order valence-corrected chi connectivity index (χ2v) is 4.32. The summed E-state index contributed by atoms with van der Waals surface area (Å²) in [6.07, 6.45) is 6.02. The highest BCUT2D eigenvalue weighted by Gasteiger charge is 2.29. The lowest BCUT2D eigenvalue weighted by Crippen LogP contribution is -2.36. The van der Waals surface area contributed by atoms with Crippen LogP contribution in [0.3, 0.4) is 0 Å². The molecule has 1 aliphatic heterocycles. The molecule has 3 heteroatoms. The lowest BCUT2D eigenvalue weighted by molar-refractivity contribution is 0.223. The molecule has 1 atom stereocenters. The molecule has 3 nitrogen and oxygen atoms in total. The second-order valence-electron chi connectivity index (χ2n) is 4.32. The molecule has 82 valence electrons. The quantitative estimate of drug-likeness (QED) is 0.715. The summed E-state index contributed by atoms with van der Waals surface area (Å²) >= 11 is 0. The van der Waals surface area contributed by atoms with Crippen LogP contribution in [0.1, 0.15) is 46.0 Å². The van der Waals surface area contributed by atoms with Crippen LogP contribution in [-0.2, 0) is 0 Å². The summed E-state index contributed by atoms with van der Waals surface area (Å²) in [7, 11) is 0. The van der Waals surface area contributed by atoms with E-state index in [1.54, 1.807) is 0 Å². The van der Waals surface area contributed by atoms with Gasteiger partial charge in [0, 0.05) is 13.1 Å². The molecule has 0 bridgehead atoms. The van der Waals surface area contributed by atoms with Gasteiger partial charge in [-0.05, 0) is 24.7 Å². The minimum atomic E-state index is -0.00294. The summed E-state index contributed by atoms with van der Waals surface area (Å²) in [6.45, 7) is 6.11. The monoisotopic (exact) mass is 198 g/mol. The molecule has 0 aromatic carbocycles. The fourth-order valence-electron chi connectivity index (χ4n) is 2.10. The van der Waals surface area contributed by atoms with Gasteiger partial charge in [-0.25, -0.2) is 4.79 Å². The van der Waals surface area contributed by atoms with Crippen molar-refractivity contribution in [2.45, 2.75) is 46.0 Å². The number of carbonyl (C=O) groups excluding carboxylic acids is 1. The van der Waals surface area contributed by atoms with Gasteiger partial charge in [0.25, 0.3) is 0 Å². The fourth-order valence-corrected chi connectivity index (χ4v) is 2.10. The highest BCUT2D eigenvalue weighted by atomic mass is 16.2. The van der Waals surface area contributed by atoms with E-state index in [-0.39, 0.29) is 6.03 Å². The summed E-state index contributed by atoms with van der Waals surface area (Å²) in [4.78, 5) is 11.1. The van der Waals surface area contributed by atoms with Crippen LogP contribution in [0.5, 0.6) is 0 Å². The van der Waals surface area contributed by atoms with Crippen LogP contribution < -0.4 is 10.6 Å². The Balaban J connectivity index is 2.53. The van der Waals surface area contributed by atoms with Crippen molar-refractivity contribution in [1.29, 1.82) is 0 Å². The van der Waals surface area contributed by atoms with Crippen LogP contribution in [0.15, 0.2) is 0 Å². The van der Waals surface area contributed by atoms with E-state index in [1.807, 2.05) is 0 Å². The number of hydrogen-bond donors (Lipinski definition) is 2. The molecule has 0 spiro atoms. The molecule has 2 N–H and O–H groups in total. The maximum atomic E-state index is 11.1.